The van der Waals surface area contributed by atoms with Crippen LogP contribution < -0.4 is 15.9 Å². The Morgan fingerprint density at radius 1 is 0.622 bits per heavy atom. The Labute approximate surface area is 231 Å². The SMILES string of the molecule is O=S(=O)([O-])C(F)(F)F.[CH]1[CH][C]2C=CC=C[C]2[CH]1.[Pd+2].c1ccc(P(c2ccccc2)c2ccccc2)cc1. The Bertz CT molecular complexity index is 1120. The summed E-state index contributed by atoms with van der Waals surface area (Å²) in [5, 5.41) is 4.19. The first kappa shape index (κ1) is 31.2. The second-order valence-corrected chi connectivity index (χ2v) is 11.0. The van der Waals surface area contributed by atoms with Crippen LogP contribution in [0, 0.1) is 31.1 Å². The van der Waals surface area contributed by atoms with Gasteiger partial charge in [-0.1, -0.05) is 115 Å². The average molecular weight is 633 g/mol. The molecule has 0 spiro atoms. The molecule has 3 aromatic rings. The summed E-state index contributed by atoms with van der Waals surface area (Å²) in [4.78, 5) is 0. The Morgan fingerprint density at radius 3 is 1.19 bits per heavy atom. The zero-order valence-electron chi connectivity index (χ0n) is 19.2. The van der Waals surface area contributed by atoms with Crippen LogP contribution in [0.4, 0.5) is 13.2 Å². The zero-order chi connectivity index (χ0) is 26.0. The number of hydrogen-bond acceptors (Lipinski definition) is 3. The minimum Gasteiger partial charge on any atom is -0.741 e. The molecule has 2 aliphatic carbocycles. The molecule has 0 aromatic heterocycles. The Morgan fingerprint density at radius 2 is 0.919 bits per heavy atom. The summed E-state index contributed by atoms with van der Waals surface area (Å²) in [7, 11) is -6.54. The molecule has 0 atom stereocenters. The van der Waals surface area contributed by atoms with Gasteiger partial charge in [0.15, 0.2) is 10.1 Å². The van der Waals surface area contributed by atoms with Crippen molar-refractivity contribution < 1.29 is 46.6 Å². The van der Waals surface area contributed by atoms with E-state index in [2.05, 4.69) is 135 Å². The van der Waals surface area contributed by atoms with Crippen LogP contribution in [0.15, 0.2) is 115 Å². The minimum atomic E-state index is -6.09. The van der Waals surface area contributed by atoms with E-state index in [1.807, 2.05) is 0 Å². The van der Waals surface area contributed by atoms with Gasteiger partial charge in [0.2, 0.25) is 0 Å². The summed E-state index contributed by atoms with van der Waals surface area (Å²) in [6, 6.07) is 32.3. The van der Waals surface area contributed by atoms with E-state index in [-0.39, 0.29) is 20.4 Å². The Hall–Kier alpha value is -2.07. The van der Waals surface area contributed by atoms with Crippen LogP contribution in [0.1, 0.15) is 0 Å². The van der Waals surface area contributed by atoms with Crippen molar-refractivity contribution in [3.05, 3.63) is 146 Å². The van der Waals surface area contributed by atoms with Crippen LogP contribution in [-0.2, 0) is 30.5 Å². The van der Waals surface area contributed by atoms with Gasteiger partial charge in [0, 0.05) is 11.8 Å². The van der Waals surface area contributed by atoms with Crippen molar-refractivity contribution >= 4 is 34.0 Å². The summed E-state index contributed by atoms with van der Waals surface area (Å²) in [5.74, 6) is 2.66. The van der Waals surface area contributed by atoms with E-state index in [0.29, 0.717) is 0 Å². The topological polar surface area (TPSA) is 57.2 Å². The van der Waals surface area contributed by atoms with E-state index in [9.17, 15) is 13.2 Å². The van der Waals surface area contributed by atoms with Gasteiger partial charge in [-0.15, -0.1) is 0 Å². The maximum Gasteiger partial charge on any atom is 2.00 e. The standard InChI is InChI=1S/C18H15P.C9H7.CHF3O3S.Pd/c1-4-10-16(11-5-1)19(17-12-6-2-7-13-17)18-14-8-3-9-15-18;1-2-5-9-7-3-6-8(9)4-1;2-1(3,4)8(5,6)7;/h1-15H;1-7H;(H,5,6,7);/q;;;+2/p-1. The fraction of sp³-hybridized carbons (Fsp3) is 0.0357. The summed E-state index contributed by atoms with van der Waals surface area (Å²) >= 11 is 0. The molecule has 3 nitrogen and oxygen atoms in total. The van der Waals surface area contributed by atoms with Crippen LogP contribution in [0.25, 0.3) is 0 Å². The molecule has 0 saturated heterocycles. The number of hydrogen-bond donors (Lipinski definition) is 0. The molecule has 1 fully saturated rings. The van der Waals surface area contributed by atoms with E-state index >= 15 is 0 Å². The number of halogens is 3. The molecule has 0 aliphatic heterocycles. The molecule has 5 radical (unpaired) electrons. The van der Waals surface area contributed by atoms with Gasteiger partial charge in [0.25, 0.3) is 0 Å². The first-order valence-corrected chi connectivity index (χ1v) is 13.5. The van der Waals surface area contributed by atoms with Crippen molar-refractivity contribution in [2.45, 2.75) is 5.51 Å². The van der Waals surface area contributed by atoms with E-state index in [1.54, 1.807) is 0 Å². The van der Waals surface area contributed by atoms with Gasteiger partial charge in [-0.3, -0.25) is 0 Å². The molecule has 0 unspecified atom stereocenters. The van der Waals surface area contributed by atoms with Crippen molar-refractivity contribution in [3.8, 4) is 0 Å². The van der Waals surface area contributed by atoms with Gasteiger partial charge < -0.3 is 4.55 Å². The molecule has 9 heteroatoms. The number of allylic oxidation sites excluding steroid dienone is 4. The first-order valence-electron chi connectivity index (χ1n) is 10.7. The molecule has 0 heterocycles. The molecule has 37 heavy (non-hydrogen) atoms. The van der Waals surface area contributed by atoms with E-state index in [4.69, 9.17) is 13.0 Å². The molecular formula is C28H22F3O3PPdS+. The second kappa shape index (κ2) is 14.8. The number of rotatable bonds is 3. The third-order valence-electron chi connectivity index (χ3n) is 4.87. The molecule has 0 bridgehead atoms. The maximum absolute atomic E-state index is 10.7. The monoisotopic (exact) mass is 632 g/mol. The van der Waals surface area contributed by atoms with Gasteiger partial charge in [0.05, 0.1) is 0 Å². The molecule has 0 N–H and O–H groups in total. The fourth-order valence-corrected chi connectivity index (χ4v) is 5.55. The van der Waals surface area contributed by atoms with Gasteiger partial charge in [-0.25, -0.2) is 8.42 Å². The third-order valence-corrected chi connectivity index (χ3v) is 7.88. The normalized spacial score (nSPS) is 15.1. The Kier molecular flexibility index (Phi) is 12.4. The molecule has 5 rings (SSSR count). The second-order valence-electron chi connectivity index (χ2n) is 7.40. The largest absolute Gasteiger partial charge is 2.00 e. The van der Waals surface area contributed by atoms with Crippen LogP contribution in [-0.4, -0.2) is 18.5 Å². The van der Waals surface area contributed by atoms with Crippen LogP contribution in [0.5, 0.6) is 0 Å². The van der Waals surface area contributed by atoms with Gasteiger partial charge in [0.1, 0.15) is 0 Å². The molecule has 3 aromatic carbocycles. The molecule has 2 aliphatic rings. The van der Waals surface area contributed by atoms with Crippen molar-refractivity contribution in [3.63, 3.8) is 0 Å². The van der Waals surface area contributed by atoms with Crippen LogP contribution in [0.3, 0.4) is 0 Å². The molecule has 193 valence electrons. The predicted molar refractivity (Wildman–Crippen MR) is 139 cm³/mol. The predicted octanol–water partition coefficient (Wildman–Crippen LogP) is 5.38. The van der Waals surface area contributed by atoms with Gasteiger partial charge >= 0.3 is 25.9 Å². The van der Waals surface area contributed by atoms with Crippen LogP contribution in [0.2, 0.25) is 0 Å². The van der Waals surface area contributed by atoms with Crippen molar-refractivity contribution in [2.75, 3.05) is 0 Å². The minimum absolute atomic E-state index is 0. The van der Waals surface area contributed by atoms with Crippen molar-refractivity contribution in [1.82, 2.24) is 0 Å². The zero-order valence-corrected chi connectivity index (χ0v) is 22.5. The van der Waals surface area contributed by atoms with E-state index < -0.39 is 23.5 Å². The summed E-state index contributed by atoms with van der Waals surface area (Å²) in [6.07, 6.45) is 14.7. The van der Waals surface area contributed by atoms with Crippen LogP contribution >= 0.6 is 7.92 Å². The third kappa shape index (κ3) is 9.63. The number of benzene rings is 3. The number of alkyl halides is 3. The van der Waals surface area contributed by atoms with Gasteiger partial charge in [-0.2, -0.15) is 13.2 Å². The summed E-state index contributed by atoms with van der Waals surface area (Å²) in [5.41, 5.74) is -5.65. The Balaban J connectivity index is 0.000000224. The van der Waals surface area contributed by atoms with Crippen molar-refractivity contribution in [2.24, 2.45) is 0 Å². The first-order chi connectivity index (χ1) is 17.2. The maximum atomic E-state index is 10.7. The fourth-order valence-electron chi connectivity index (χ4n) is 3.25. The summed E-state index contributed by atoms with van der Waals surface area (Å²) in [6.45, 7) is 0. The quantitative estimate of drug-likeness (QED) is 0.169. The van der Waals surface area contributed by atoms with Gasteiger partial charge in [-0.05, 0) is 43.1 Å². The molecule has 1 saturated carbocycles. The van der Waals surface area contributed by atoms with E-state index in [1.165, 1.54) is 27.7 Å². The summed E-state index contributed by atoms with van der Waals surface area (Å²) < 4.78 is 58.9. The van der Waals surface area contributed by atoms with Crippen molar-refractivity contribution in [1.29, 1.82) is 0 Å². The number of fused-ring (bicyclic) bond motifs is 1. The van der Waals surface area contributed by atoms with E-state index in [0.717, 1.165) is 0 Å². The average Bonchev–Trinajstić information content (AvgIpc) is 3.35. The smallest absolute Gasteiger partial charge is 0.741 e. The molecule has 0 amide bonds. The molecular weight excluding hydrogens is 611 g/mol.